The van der Waals surface area contributed by atoms with Crippen molar-refractivity contribution < 1.29 is 5.11 Å². The van der Waals surface area contributed by atoms with E-state index in [1.165, 1.54) is 27.8 Å². The Morgan fingerprint density at radius 1 is 0.613 bits per heavy atom. The van der Waals surface area contributed by atoms with E-state index in [0.717, 1.165) is 44.1 Å². The average molecular weight is 415 g/mol. The minimum atomic E-state index is 0.373. The number of benzene rings is 3. The number of rotatable bonds is 10. The van der Waals surface area contributed by atoms with Gasteiger partial charge in [-0.2, -0.15) is 0 Å². The van der Waals surface area contributed by atoms with Crippen LogP contribution in [0.1, 0.15) is 85.8 Å². The number of phenolic OH excluding ortho intramolecular Hbond substituents is 1. The molecule has 1 nitrogen and oxygen atoms in total. The molecule has 0 spiro atoms. The summed E-state index contributed by atoms with van der Waals surface area (Å²) in [5.74, 6) is 1.23. The van der Waals surface area contributed by atoms with E-state index in [1.54, 1.807) is 0 Å². The van der Waals surface area contributed by atoms with E-state index in [2.05, 4.69) is 82.3 Å². The molecule has 3 rings (SSSR count). The van der Waals surface area contributed by atoms with Crippen molar-refractivity contribution in [1.29, 1.82) is 0 Å². The molecule has 1 N–H and O–H groups in total. The monoisotopic (exact) mass is 414 g/mol. The predicted molar refractivity (Wildman–Crippen MR) is 133 cm³/mol. The van der Waals surface area contributed by atoms with Crippen LogP contribution in [0.25, 0.3) is 0 Å². The Hall–Kier alpha value is -2.54. The minimum absolute atomic E-state index is 0.373. The zero-order chi connectivity index (χ0) is 22.2. The molecule has 0 aliphatic carbocycles. The van der Waals surface area contributed by atoms with Crippen molar-refractivity contribution in [2.24, 2.45) is 0 Å². The summed E-state index contributed by atoms with van der Waals surface area (Å²) in [6.45, 7) is 9.10. The lowest BCUT2D eigenvalue weighted by Gasteiger charge is -2.22. The average Bonchev–Trinajstić information content (AvgIpc) is 2.77. The summed E-state index contributed by atoms with van der Waals surface area (Å²) in [5, 5.41) is 10.8. The van der Waals surface area contributed by atoms with Crippen molar-refractivity contribution in [2.75, 3.05) is 0 Å². The first kappa shape index (κ1) is 23.1. The largest absolute Gasteiger partial charge is 0.508 e. The highest BCUT2D eigenvalue weighted by molar-refractivity contribution is 5.43. The molecule has 0 heterocycles. The van der Waals surface area contributed by atoms with E-state index >= 15 is 0 Å². The molecule has 0 saturated heterocycles. The third-order valence-electron chi connectivity index (χ3n) is 6.50. The Bertz CT molecular complexity index is 972. The van der Waals surface area contributed by atoms with Gasteiger partial charge in [0.15, 0.2) is 0 Å². The molecule has 0 bridgehead atoms. The number of phenols is 1. The maximum Gasteiger partial charge on any atom is 0.119 e. The molecule has 164 valence electrons. The first-order valence-corrected chi connectivity index (χ1v) is 12.0. The van der Waals surface area contributed by atoms with E-state index in [-0.39, 0.29) is 0 Å². The fourth-order valence-electron chi connectivity index (χ4n) is 4.93. The van der Waals surface area contributed by atoms with Gasteiger partial charge in [-0.15, -0.1) is 0 Å². The standard InChI is InChI=1S/C30H38O/c1-5-12-24-14-7-9-17-27(24)22(3)20-26-16-11-19-30(31)29(26)21-23(4)28-18-10-8-15-25(28)13-6-2/h7-11,14-19,22-23,31H,5-6,12-13,20-21H2,1-4H3. The topological polar surface area (TPSA) is 20.2 Å². The molecule has 0 aromatic heterocycles. The summed E-state index contributed by atoms with van der Waals surface area (Å²) in [4.78, 5) is 0. The highest BCUT2D eigenvalue weighted by Gasteiger charge is 2.18. The highest BCUT2D eigenvalue weighted by Crippen LogP contribution is 2.33. The number of hydrogen-bond acceptors (Lipinski definition) is 1. The van der Waals surface area contributed by atoms with Crippen molar-refractivity contribution in [3.8, 4) is 5.75 Å². The van der Waals surface area contributed by atoms with E-state index in [1.807, 2.05) is 12.1 Å². The van der Waals surface area contributed by atoms with Gasteiger partial charge in [0.2, 0.25) is 0 Å². The van der Waals surface area contributed by atoms with E-state index < -0.39 is 0 Å². The summed E-state index contributed by atoms with van der Waals surface area (Å²) in [6, 6.07) is 23.7. The Balaban J connectivity index is 1.86. The Kier molecular flexibility index (Phi) is 8.35. The maximum atomic E-state index is 10.8. The molecule has 2 unspecified atom stereocenters. The molecular formula is C30H38O. The molecule has 0 fully saturated rings. The van der Waals surface area contributed by atoms with Crippen LogP contribution in [0.3, 0.4) is 0 Å². The van der Waals surface area contributed by atoms with Gasteiger partial charge in [-0.05, 0) is 77.0 Å². The van der Waals surface area contributed by atoms with Crippen LogP contribution in [-0.2, 0) is 25.7 Å². The highest BCUT2D eigenvalue weighted by atomic mass is 16.3. The smallest absolute Gasteiger partial charge is 0.119 e. The molecular weight excluding hydrogens is 376 g/mol. The van der Waals surface area contributed by atoms with Crippen LogP contribution in [0.4, 0.5) is 0 Å². The lowest BCUT2D eigenvalue weighted by Crippen LogP contribution is -2.08. The van der Waals surface area contributed by atoms with Gasteiger partial charge < -0.3 is 5.11 Å². The van der Waals surface area contributed by atoms with Crippen molar-refractivity contribution in [2.45, 2.75) is 78.1 Å². The van der Waals surface area contributed by atoms with Gasteiger partial charge in [0.1, 0.15) is 5.75 Å². The van der Waals surface area contributed by atoms with Gasteiger partial charge in [-0.25, -0.2) is 0 Å². The molecule has 2 atom stereocenters. The third-order valence-corrected chi connectivity index (χ3v) is 6.50. The van der Waals surface area contributed by atoms with Crippen LogP contribution in [0.5, 0.6) is 5.75 Å². The van der Waals surface area contributed by atoms with Gasteiger partial charge in [-0.3, -0.25) is 0 Å². The molecule has 0 radical (unpaired) electrons. The number of aryl methyl sites for hydroxylation is 2. The van der Waals surface area contributed by atoms with Crippen LogP contribution in [0, 0.1) is 0 Å². The van der Waals surface area contributed by atoms with E-state index in [9.17, 15) is 5.11 Å². The Morgan fingerprint density at radius 3 is 1.65 bits per heavy atom. The summed E-state index contributed by atoms with van der Waals surface area (Å²) in [5.41, 5.74) is 8.15. The molecule has 0 amide bonds. The lowest BCUT2D eigenvalue weighted by molar-refractivity contribution is 0.464. The van der Waals surface area contributed by atoms with E-state index in [4.69, 9.17) is 0 Å². The summed E-state index contributed by atoms with van der Waals surface area (Å²) < 4.78 is 0. The summed E-state index contributed by atoms with van der Waals surface area (Å²) in [6.07, 6.45) is 6.37. The second-order valence-electron chi connectivity index (χ2n) is 9.02. The van der Waals surface area contributed by atoms with Gasteiger partial charge >= 0.3 is 0 Å². The van der Waals surface area contributed by atoms with Crippen LogP contribution < -0.4 is 0 Å². The van der Waals surface area contributed by atoms with Crippen LogP contribution in [-0.4, -0.2) is 5.11 Å². The van der Waals surface area contributed by atoms with Crippen molar-refractivity contribution in [3.63, 3.8) is 0 Å². The number of aromatic hydroxyl groups is 1. The van der Waals surface area contributed by atoms with Crippen LogP contribution in [0.15, 0.2) is 66.7 Å². The summed E-state index contributed by atoms with van der Waals surface area (Å²) >= 11 is 0. The Labute approximate surface area is 189 Å². The maximum absolute atomic E-state index is 10.8. The van der Waals surface area contributed by atoms with Crippen molar-refractivity contribution in [3.05, 3.63) is 100 Å². The molecule has 31 heavy (non-hydrogen) atoms. The van der Waals surface area contributed by atoms with Crippen LogP contribution >= 0.6 is 0 Å². The third kappa shape index (κ3) is 5.79. The van der Waals surface area contributed by atoms with Gasteiger partial charge in [-0.1, -0.05) is 101 Å². The molecule has 3 aromatic rings. The Morgan fingerprint density at radius 2 is 1.10 bits per heavy atom. The number of hydrogen-bond donors (Lipinski definition) is 1. The van der Waals surface area contributed by atoms with Gasteiger partial charge in [0.25, 0.3) is 0 Å². The molecule has 0 saturated carbocycles. The fourth-order valence-corrected chi connectivity index (χ4v) is 4.93. The quantitative estimate of drug-likeness (QED) is 0.356. The second-order valence-corrected chi connectivity index (χ2v) is 9.02. The molecule has 1 heteroatoms. The first-order chi connectivity index (χ1) is 15.0. The predicted octanol–water partition coefficient (Wildman–Crippen LogP) is 7.99. The fraction of sp³-hybridized carbons (Fsp3) is 0.400. The molecule has 3 aromatic carbocycles. The minimum Gasteiger partial charge on any atom is -0.508 e. The van der Waals surface area contributed by atoms with Gasteiger partial charge in [0, 0.05) is 0 Å². The van der Waals surface area contributed by atoms with Crippen molar-refractivity contribution >= 4 is 0 Å². The second kappa shape index (κ2) is 11.2. The van der Waals surface area contributed by atoms with Crippen molar-refractivity contribution in [1.82, 2.24) is 0 Å². The van der Waals surface area contributed by atoms with Gasteiger partial charge in [0.05, 0.1) is 0 Å². The zero-order valence-corrected chi connectivity index (χ0v) is 19.7. The first-order valence-electron chi connectivity index (χ1n) is 12.0. The summed E-state index contributed by atoms with van der Waals surface area (Å²) in [7, 11) is 0. The van der Waals surface area contributed by atoms with Crippen LogP contribution in [0.2, 0.25) is 0 Å². The normalized spacial score (nSPS) is 13.2. The zero-order valence-electron chi connectivity index (χ0n) is 19.7. The van der Waals surface area contributed by atoms with E-state index in [0.29, 0.717) is 17.6 Å². The SMILES string of the molecule is CCCc1ccccc1C(C)Cc1cccc(O)c1CC(C)c1ccccc1CCC. The molecule has 0 aliphatic heterocycles. The molecule has 0 aliphatic rings. The lowest BCUT2D eigenvalue weighted by atomic mass is 9.83.